The molecule has 1 aliphatic rings. The molecule has 3 N–H and O–H groups in total. The van der Waals surface area contributed by atoms with Gasteiger partial charge in [0.05, 0.1) is 5.92 Å². The largest absolute Gasteiger partial charge is 0.389 e. The molecule has 2 rings (SSSR count). The number of nitrogens with two attached hydrogens (primary N) is 1. The molecular weight excluding hydrogens is 260 g/mol. The van der Waals surface area contributed by atoms with Crippen molar-refractivity contribution in [1.82, 2.24) is 10.3 Å². The van der Waals surface area contributed by atoms with Crippen LogP contribution in [0.4, 0.5) is 5.82 Å². The summed E-state index contributed by atoms with van der Waals surface area (Å²) < 4.78 is 0. The van der Waals surface area contributed by atoms with Crippen LogP contribution in [0.25, 0.3) is 0 Å². The van der Waals surface area contributed by atoms with Gasteiger partial charge in [0.15, 0.2) is 0 Å². The van der Waals surface area contributed by atoms with E-state index in [4.69, 9.17) is 18.0 Å². The molecule has 2 heterocycles. The number of thiocarbonyl (C=S) groups is 1. The van der Waals surface area contributed by atoms with Gasteiger partial charge in [0.1, 0.15) is 10.8 Å². The molecule has 5 nitrogen and oxygen atoms in total. The summed E-state index contributed by atoms with van der Waals surface area (Å²) in [6.45, 7) is 1.59. The van der Waals surface area contributed by atoms with Crippen molar-refractivity contribution in [2.75, 3.05) is 25.0 Å². The highest BCUT2D eigenvalue weighted by molar-refractivity contribution is 7.80. The number of rotatable bonds is 3. The third kappa shape index (κ3) is 3.20. The summed E-state index contributed by atoms with van der Waals surface area (Å²) in [5.41, 5.74) is 6.44. The number of hydrogen-bond donors (Lipinski definition) is 2. The van der Waals surface area contributed by atoms with Gasteiger partial charge in [-0.1, -0.05) is 12.2 Å². The van der Waals surface area contributed by atoms with E-state index in [1.54, 1.807) is 19.3 Å². The summed E-state index contributed by atoms with van der Waals surface area (Å²) >= 11 is 4.97. The number of aromatic nitrogens is 1. The monoisotopic (exact) mass is 278 g/mol. The maximum atomic E-state index is 11.7. The van der Waals surface area contributed by atoms with Gasteiger partial charge in [-0.3, -0.25) is 4.79 Å². The molecule has 1 fully saturated rings. The van der Waals surface area contributed by atoms with E-state index < -0.39 is 0 Å². The lowest BCUT2D eigenvalue weighted by atomic mass is 9.97. The maximum absolute atomic E-state index is 11.7. The van der Waals surface area contributed by atoms with Crippen LogP contribution in [0.1, 0.15) is 18.4 Å². The standard InChI is InChI=1S/C13H18N4OS/c1-15-13(18)10-3-2-6-17(8-10)11-7-9(12(14)19)4-5-16-11/h4-5,7,10H,2-3,6,8H2,1H3,(H2,14,19)(H,15,18). The zero-order valence-corrected chi connectivity index (χ0v) is 11.7. The van der Waals surface area contributed by atoms with Crippen molar-refractivity contribution in [3.8, 4) is 0 Å². The van der Waals surface area contributed by atoms with Crippen molar-refractivity contribution >= 4 is 28.9 Å². The molecule has 1 aromatic rings. The SMILES string of the molecule is CNC(=O)C1CCCN(c2cc(C(N)=S)ccn2)C1. The summed E-state index contributed by atoms with van der Waals surface area (Å²) in [5, 5.41) is 2.71. The van der Waals surface area contributed by atoms with E-state index in [1.165, 1.54) is 0 Å². The Balaban J connectivity index is 2.15. The number of carbonyl (C=O) groups excluding carboxylic acids is 1. The Morgan fingerprint density at radius 3 is 3.11 bits per heavy atom. The van der Waals surface area contributed by atoms with Gasteiger partial charge in [-0.2, -0.15) is 0 Å². The number of nitrogens with zero attached hydrogens (tertiary/aromatic N) is 2. The smallest absolute Gasteiger partial charge is 0.224 e. The highest BCUT2D eigenvalue weighted by Gasteiger charge is 2.25. The Morgan fingerprint density at radius 2 is 2.42 bits per heavy atom. The number of nitrogens with one attached hydrogen (secondary N) is 1. The lowest BCUT2D eigenvalue weighted by Gasteiger charge is -2.32. The topological polar surface area (TPSA) is 71.2 Å². The quantitative estimate of drug-likeness (QED) is 0.796. The molecule has 0 saturated carbocycles. The first kappa shape index (κ1) is 13.7. The van der Waals surface area contributed by atoms with E-state index in [9.17, 15) is 4.79 Å². The predicted octanol–water partition coefficient (Wildman–Crippen LogP) is 0.678. The molecule has 102 valence electrons. The van der Waals surface area contributed by atoms with Crippen molar-refractivity contribution in [1.29, 1.82) is 0 Å². The average molecular weight is 278 g/mol. The second kappa shape index (κ2) is 5.97. The van der Waals surface area contributed by atoms with Crippen molar-refractivity contribution in [3.63, 3.8) is 0 Å². The van der Waals surface area contributed by atoms with Crippen LogP contribution in [-0.4, -0.2) is 36.0 Å². The number of carbonyl (C=O) groups is 1. The van der Waals surface area contributed by atoms with Gasteiger partial charge in [-0.05, 0) is 25.0 Å². The zero-order chi connectivity index (χ0) is 13.8. The van der Waals surface area contributed by atoms with Crippen molar-refractivity contribution < 1.29 is 4.79 Å². The molecule has 1 aliphatic heterocycles. The van der Waals surface area contributed by atoms with E-state index >= 15 is 0 Å². The molecule has 0 radical (unpaired) electrons. The molecule has 19 heavy (non-hydrogen) atoms. The van der Waals surface area contributed by atoms with E-state index in [0.717, 1.165) is 30.8 Å². The molecule has 1 aromatic heterocycles. The van der Waals surface area contributed by atoms with E-state index in [0.29, 0.717) is 11.5 Å². The Morgan fingerprint density at radius 1 is 1.63 bits per heavy atom. The van der Waals surface area contributed by atoms with Gasteiger partial charge in [-0.25, -0.2) is 4.98 Å². The first-order valence-corrected chi connectivity index (χ1v) is 6.75. The summed E-state index contributed by atoms with van der Waals surface area (Å²) in [6, 6.07) is 3.68. The van der Waals surface area contributed by atoms with Crippen LogP contribution in [0, 0.1) is 5.92 Å². The van der Waals surface area contributed by atoms with Crippen LogP contribution in [0.2, 0.25) is 0 Å². The Hall–Kier alpha value is -1.69. The summed E-state index contributed by atoms with van der Waals surface area (Å²) in [4.78, 5) is 18.5. The minimum atomic E-state index is 0.0223. The maximum Gasteiger partial charge on any atom is 0.224 e. The second-order valence-electron chi connectivity index (χ2n) is 4.67. The number of anilines is 1. The number of hydrogen-bond acceptors (Lipinski definition) is 4. The number of pyridine rings is 1. The molecule has 0 spiro atoms. The van der Waals surface area contributed by atoms with Crippen molar-refractivity contribution in [3.05, 3.63) is 23.9 Å². The highest BCUT2D eigenvalue weighted by Crippen LogP contribution is 2.22. The molecule has 1 saturated heterocycles. The van der Waals surface area contributed by atoms with Gasteiger partial charge in [0.25, 0.3) is 0 Å². The van der Waals surface area contributed by atoms with Gasteiger partial charge < -0.3 is 16.0 Å². The first-order valence-electron chi connectivity index (χ1n) is 6.34. The molecular formula is C13H18N4OS. The van der Waals surface area contributed by atoms with Gasteiger partial charge >= 0.3 is 0 Å². The number of piperidine rings is 1. The van der Waals surface area contributed by atoms with Crippen molar-refractivity contribution in [2.45, 2.75) is 12.8 Å². The fourth-order valence-corrected chi connectivity index (χ4v) is 2.47. The molecule has 6 heteroatoms. The fraction of sp³-hybridized carbons (Fsp3) is 0.462. The third-order valence-electron chi connectivity index (χ3n) is 3.39. The third-order valence-corrected chi connectivity index (χ3v) is 3.63. The van der Waals surface area contributed by atoms with Crippen LogP contribution in [0.3, 0.4) is 0 Å². The minimum Gasteiger partial charge on any atom is -0.389 e. The zero-order valence-electron chi connectivity index (χ0n) is 10.9. The Kier molecular flexibility index (Phi) is 4.31. The van der Waals surface area contributed by atoms with E-state index in [2.05, 4.69) is 15.2 Å². The van der Waals surface area contributed by atoms with Crippen molar-refractivity contribution in [2.24, 2.45) is 11.7 Å². The molecule has 1 atom stereocenters. The lowest BCUT2D eigenvalue weighted by Crippen LogP contribution is -2.42. The van der Waals surface area contributed by atoms with Crippen LogP contribution in [0.15, 0.2) is 18.3 Å². The van der Waals surface area contributed by atoms with Crippen LogP contribution < -0.4 is 16.0 Å². The molecule has 0 aliphatic carbocycles. The van der Waals surface area contributed by atoms with E-state index in [1.807, 2.05) is 6.07 Å². The highest BCUT2D eigenvalue weighted by atomic mass is 32.1. The number of amides is 1. The van der Waals surface area contributed by atoms with Gasteiger partial charge in [0.2, 0.25) is 5.91 Å². The molecule has 0 aromatic carbocycles. The summed E-state index contributed by atoms with van der Waals surface area (Å²) in [7, 11) is 1.67. The molecule has 0 bridgehead atoms. The fourth-order valence-electron chi connectivity index (χ4n) is 2.35. The normalized spacial score (nSPS) is 19.0. The van der Waals surface area contributed by atoms with Crippen LogP contribution >= 0.6 is 12.2 Å². The Labute approximate surface area is 118 Å². The molecule has 1 unspecified atom stereocenters. The van der Waals surface area contributed by atoms with Crippen LogP contribution in [0.5, 0.6) is 0 Å². The first-order chi connectivity index (χ1) is 9.11. The summed E-state index contributed by atoms with van der Waals surface area (Å²) in [5.74, 6) is 0.947. The van der Waals surface area contributed by atoms with Gasteiger partial charge in [0, 0.05) is 31.9 Å². The lowest BCUT2D eigenvalue weighted by molar-refractivity contribution is -0.124. The summed E-state index contributed by atoms with van der Waals surface area (Å²) in [6.07, 6.45) is 3.61. The average Bonchev–Trinajstić information content (AvgIpc) is 2.46. The van der Waals surface area contributed by atoms with Gasteiger partial charge in [-0.15, -0.1) is 0 Å². The van der Waals surface area contributed by atoms with E-state index in [-0.39, 0.29) is 11.8 Å². The minimum absolute atomic E-state index is 0.0223. The van der Waals surface area contributed by atoms with Crippen LogP contribution in [-0.2, 0) is 4.79 Å². The molecule has 1 amide bonds. The predicted molar refractivity (Wildman–Crippen MR) is 79.1 cm³/mol. The second-order valence-corrected chi connectivity index (χ2v) is 5.11. The Bertz CT molecular complexity index is 491.